The first-order valence-corrected chi connectivity index (χ1v) is 7.58. The third-order valence-electron chi connectivity index (χ3n) is 4.02. The van der Waals surface area contributed by atoms with Crippen LogP contribution < -0.4 is 11.0 Å². The zero-order valence-corrected chi connectivity index (χ0v) is 13.7. The van der Waals surface area contributed by atoms with Gasteiger partial charge in [-0.15, -0.1) is 0 Å². The number of hydrogen-bond acceptors (Lipinski definition) is 2. The minimum absolute atomic E-state index is 0.151. The monoisotopic (exact) mass is 312 g/mol. The molecule has 0 atom stereocenters. The molecule has 0 aliphatic heterocycles. The summed E-state index contributed by atoms with van der Waals surface area (Å²) in [5.41, 5.74) is 4.44. The topological polar surface area (TPSA) is 82.7 Å². The Morgan fingerprint density at radius 3 is 2.48 bits per heavy atom. The van der Waals surface area contributed by atoms with Gasteiger partial charge in [0.2, 0.25) is 0 Å². The molecule has 1 amide bonds. The molecule has 0 spiro atoms. The molecule has 0 saturated carbocycles. The van der Waals surface area contributed by atoms with Crippen LogP contribution in [0.3, 0.4) is 0 Å². The van der Waals surface area contributed by atoms with Crippen LogP contribution in [0, 0.1) is 13.8 Å². The van der Waals surface area contributed by atoms with Crippen LogP contribution in [0.5, 0.6) is 0 Å². The molecule has 6 heteroatoms. The summed E-state index contributed by atoms with van der Waals surface area (Å²) >= 11 is 0. The maximum absolute atomic E-state index is 12.6. The molecule has 2 heterocycles. The lowest BCUT2D eigenvalue weighted by Crippen LogP contribution is -2.13. The van der Waals surface area contributed by atoms with E-state index in [4.69, 9.17) is 0 Å². The van der Waals surface area contributed by atoms with Gasteiger partial charge >= 0.3 is 5.69 Å². The Morgan fingerprint density at radius 2 is 1.83 bits per heavy atom. The number of fused-ring (bicyclic) bond motifs is 1. The quantitative estimate of drug-likeness (QED) is 0.694. The number of anilines is 1. The van der Waals surface area contributed by atoms with Crippen LogP contribution in [-0.4, -0.2) is 20.4 Å². The fourth-order valence-corrected chi connectivity index (χ4v) is 3.11. The van der Waals surface area contributed by atoms with Crippen LogP contribution in [0.15, 0.2) is 29.1 Å². The second-order valence-electron chi connectivity index (χ2n) is 6.04. The fourth-order valence-electron chi connectivity index (χ4n) is 3.11. The SMILES string of the molecule is Cc1cc(C(=O)Nc2ccc3[nH]c(=O)[nH]c3c2)c(C)n1C(C)C. The normalized spacial score (nSPS) is 11.3. The number of carbonyl (C=O) groups excluding carboxylic acids is 1. The number of aromatic nitrogens is 3. The molecular formula is C17H20N4O2. The Balaban J connectivity index is 1.91. The summed E-state index contributed by atoms with van der Waals surface area (Å²) < 4.78 is 2.14. The Kier molecular flexibility index (Phi) is 3.60. The molecule has 0 unspecified atom stereocenters. The summed E-state index contributed by atoms with van der Waals surface area (Å²) in [7, 11) is 0. The molecule has 0 aliphatic carbocycles. The Bertz CT molecular complexity index is 943. The Morgan fingerprint density at radius 1 is 1.13 bits per heavy atom. The van der Waals surface area contributed by atoms with E-state index in [1.807, 2.05) is 19.9 Å². The van der Waals surface area contributed by atoms with Crippen molar-refractivity contribution in [1.29, 1.82) is 0 Å². The van der Waals surface area contributed by atoms with E-state index < -0.39 is 0 Å². The summed E-state index contributed by atoms with van der Waals surface area (Å²) in [6, 6.07) is 7.48. The number of amides is 1. The maximum atomic E-state index is 12.6. The first-order valence-electron chi connectivity index (χ1n) is 7.58. The standard InChI is InChI=1S/C17H20N4O2/c1-9(2)21-10(3)7-13(11(21)4)16(22)18-12-5-6-14-15(8-12)20-17(23)19-14/h5-9H,1-4H3,(H,18,22)(H2,19,20,23). The number of carbonyl (C=O) groups is 1. The van der Waals surface area contributed by atoms with Crippen molar-refractivity contribution in [3.05, 3.63) is 51.7 Å². The van der Waals surface area contributed by atoms with Crippen molar-refractivity contribution in [3.63, 3.8) is 0 Å². The number of rotatable bonds is 3. The number of benzene rings is 1. The molecule has 2 aromatic heterocycles. The number of nitrogens with one attached hydrogen (secondary N) is 3. The van der Waals surface area contributed by atoms with Crippen molar-refractivity contribution in [2.45, 2.75) is 33.7 Å². The summed E-state index contributed by atoms with van der Waals surface area (Å²) in [5, 5.41) is 2.89. The van der Waals surface area contributed by atoms with Gasteiger partial charge in [-0.2, -0.15) is 0 Å². The van der Waals surface area contributed by atoms with Gasteiger partial charge in [-0.3, -0.25) is 4.79 Å². The summed E-state index contributed by atoms with van der Waals surface area (Å²) in [6.45, 7) is 8.14. The van der Waals surface area contributed by atoms with Gasteiger partial charge in [0, 0.05) is 23.1 Å². The van der Waals surface area contributed by atoms with E-state index in [0.29, 0.717) is 28.3 Å². The summed E-state index contributed by atoms with van der Waals surface area (Å²) in [5.74, 6) is -0.151. The molecule has 23 heavy (non-hydrogen) atoms. The van der Waals surface area contributed by atoms with Crippen LogP contribution >= 0.6 is 0 Å². The van der Waals surface area contributed by atoms with E-state index in [2.05, 4.69) is 33.7 Å². The average Bonchev–Trinajstić information content (AvgIpc) is 2.97. The van der Waals surface area contributed by atoms with E-state index in [9.17, 15) is 9.59 Å². The third-order valence-corrected chi connectivity index (χ3v) is 4.02. The summed E-state index contributed by atoms with van der Waals surface area (Å²) in [4.78, 5) is 29.2. The van der Waals surface area contributed by atoms with Crippen molar-refractivity contribution in [2.75, 3.05) is 5.32 Å². The van der Waals surface area contributed by atoms with Gasteiger partial charge in [-0.05, 0) is 52.0 Å². The highest BCUT2D eigenvalue weighted by Gasteiger charge is 2.17. The lowest BCUT2D eigenvalue weighted by atomic mass is 10.2. The van der Waals surface area contributed by atoms with E-state index >= 15 is 0 Å². The zero-order valence-electron chi connectivity index (χ0n) is 13.7. The van der Waals surface area contributed by atoms with Crippen molar-refractivity contribution >= 4 is 22.6 Å². The van der Waals surface area contributed by atoms with E-state index in [1.54, 1.807) is 18.2 Å². The second-order valence-corrected chi connectivity index (χ2v) is 6.04. The molecule has 0 bridgehead atoms. The number of aryl methyl sites for hydroxylation is 1. The molecule has 3 aromatic rings. The van der Waals surface area contributed by atoms with Crippen LogP contribution in [0.2, 0.25) is 0 Å². The van der Waals surface area contributed by atoms with E-state index in [1.165, 1.54) is 0 Å². The van der Waals surface area contributed by atoms with Crippen molar-refractivity contribution in [3.8, 4) is 0 Å². The average molecular weight is 312 g/mol. The van der Waals surface area contributed by atoms with Crippen LogP contribution in [0.1, 0.15) is 41.6 Å². The number of imidazole rings is 1. The van der Waals surface area contributed by atoms with Gasteiger partial charge in [-0.25, -0.2) is 4.79 Å². The van der Waals surface area contributed by atoms with Gasteiger partial charge in [0.25, 0.3) is 5.91 Å². The molecule has 3 rings (SSSR count). The largest absolute Gasteiger partial charge is 0.346 e. The van der Waals surface area contributed by atoms with Crippen molar-refractivity contribution in [2.24, 2.45) is 0 Å². The highest BCUT2D eigenvalue weighted by atomic mass is 16.2. The first-order chi connectivity index (χ1) is 10.9. The number of hydrogen-bond donors (Lipinski definition) is 3. The molecule has 0 radical (unpaired) electrons. The minimum atomic E-state index is -0.260. The minimum Gasteiger partial charge on any atom is -0.346 e. The van der Waals surface area contributed by atoms with Crippen LogP contribution in [0.25, 0.3) is 11.0 Å². The Hall–Kier alpha value is -2.76. The first kappa shape index (κ1) is 15.1. The van der Waals surface area contributed by atoms with Gasteiger partial charge in [0.1, 0.15) is 0 Å². The molecule has 120 valence electrons. The Labute approximate surface area is 133 Å². The van der Waals surface area contributed by atoms with Crippen molar-refractivity contribution < 1.29 is 4.79 Å². The molecule has 0 aliphatic rings. The zero-order chi connectivity index (χ0) is 16.7. The predicted molar refractivity (Wildman–Crippen MR) is 91.2 cm³/mol. The number of H-pyrrole nitrogens is 2. The molecule has 0 saturated heterocycles. The van der Waals surface area contributed by atoms with Gasteiger partial charge < -0.3 is 19.9 Å². The summed E-state index contributed by atoms with van der Waals surface area (Å²) in [6.07, 6.45) is 0. The van der Waals surface area contributed by atoms with Crippen LogP contribution in [0.4, 0.5) is 5.69 Å². The third kappa shape index (κ3) is 2.67. The fraction of sp³-hybridized carbons (Fsp3) is 0.294. The highest BCUT2D eigenvalue weighted by Crippen LogP contribution is 2.22. The lowest BCUT2D eigenvalue weighted by Gasteiger charge is -2.13. The highest BCUT2D eigenvalue weighted by molar-refractivity contribution is 6.06. The van der Waals surface area contributed by atoms with Gasteiger partial charge in [0.05, 0.1) is 16.6 Å². The molecule has 1 aromatic carbocycles. The predicted octanol–water partition coefficient (Wildman–Crippen LogP) is 3.11. The molecule has 0 fully saturated rings. The van der Waals surface area contributed by atoms with E-state index in [0.717, 1.165) is 11.4 Å². The smallest absolute Gasteiger partial charge is 0.323 e. The number of aromatic amines is 2. The molecule has 3 N–H and O–H groups in total. The lowest BCUT2D eigenvalue weighted by molar-refractivity contribution is 0.102. The van der Waals surface area contributed by atoms with Crippen molar-refractivity contribution in [1.82, 2.24) is 14.5 Å². The molecular weight excluding hydrogens is 292 g/mol. The maximum Gasteiger partial charge on any atom is 0.323 e. The van der Waals surface area contributed by atoms with E-state index in [-0.39, 0.29) is 11.6 Å². The number of nitrogens with zero attached hydrogens (tertiary/aromatic N) is 1. The molecule has 6 nitrogen and oxygen atoms in total. The second kappa shape index (κ2) is 5.46. The van der Waals surface area contributed by atoms with Crippen LogP contribution in [-0.2, 0) is 0 Å². The van der Waals surface area contributed by atoms with Gasteiger partial charge in [-0.1, -0.05) is 0 Å². The van der Waals surface area contributed by atoms with Gasteiger partial charge in [0.15, 0.2) is 0 Å².